The van der Waals surface area contributed by atoms with Gasteiger partial charge in [0.1, 0.15) is 0 Å². The van der Waals surface area contributed by atoms with Gasteiger partial charge in [0.2, 0.25) is 0 Å². The SMILES string of the molecule is COC(=O)C(=C\N(C)C)/C(=C\C(=O)c1ccccc1)C(=O)OC. The van der Waals surface area contributed by atoms with Crippen molar-refractivity contribution in [2.75, 3.05) is 28.3 Å². The first kappa shape index (κ1) is 18.2. The van der Waals surface area contributed by atoms with Crippen molar-refractivity contribution in [2.45, 2.75) is 0 Å². The highest BCUT2D eigenvalue weighted by atomic mass is 16.5. The fourth-order valence-electron chi connectivity index (χ4n) is 1.77. The predicted octanol–water partition coefficient (Wildman–Crippen LogP) is 1.59. The average molecular weight is 317 g/mol. The Balaban J connectivity index is 3.37. The number of carbonyl (C=O) groups is 3. The minimum absolute atomic E-state index is 0.0615. The lowest BCUT2D eigenvalue weighted by Crippen LogP contribution is -2.19. The number of ether oxygens (including phenoxy) is 2. The smallest absolute Gasteiger partial charge is 0.340 e. The lowest BCUT2D eigenvalue weighted by molar-refractivity contribution is -0.139. The highest BCUT2D eigenvalue weighted by Crippen LogP contribution is 2.16. The Labute approximate surface area is 135 Å². The van der Waals surface area contributed by atoms with Crippen molar-refractivity contribution < 1.29 is 23.9 Å². The third kappa shape index (κ3) is 5.10. The molecule has 0 aliphatic rings. The molecule has 23 heavy (non-hydrogen) atoms. The summed E-state index contributed by atoms with van der Waals surface area (Å²) in [6, 6.07) is 8.40. The summed E-state index contributed by atoms with van der Waals surface area (Å²) in [6.07, 6.45) is 2.47. The van der Waals surface area contributed by atoms with Crippen molar-refractivity contribution >= 4 is 17.7 Å². The van der Waals surface area contributed by atoms with Crippen LogP contribution in [0.1, 0.15) is 10.4 Å². The van der Waals surface area contributed by atoms with Gasteiger partial charge in [-0.15, -0.1) is 0 Å². The summed E-state index contributed by atoms with van der Waals surface area (Å²) in [5.74, 6) is -1.96. The van der Waals surface area contributed by atoms with Gasteiger partial charge < -0.3 is 14.4 Å². The maximum Gasteiger partial charge on any atom is 0.340 e. The minimum atomic E-state index is -0.798. The van der Waals surface area contributed by atoms with E-state index in [1.54, 1.807) is 49.3 Å². The summed E-state index contributed by atoms with van der Waals surface area (Å²) in [4.78, 5) is 37.8. The van der Waals surface area contributed by atoms with Crippen molar-refractivity contribution in [3.8, 4) is 0 Å². The van der Waals surface area contributed by atoms with Crippen molar-refractivity contribution in [3.63, 3.8) is 0 Å². The predicted molar refractivity (Wildman–Crippen MR) is 84.7 cm³/mol. The highest BCUT2D eigenvalue weighted by Gasteiger charge is 2.24. The molecule has 0 saturated heterocycles. The van der Waals surface area contributed by atoms with Crippen LogP contribution in [0.25, 0.3) is 0 Å². The summed E-state index contributed by atoms with van der Waals surface area (Å²) < 4.78 is 9.36. The van der Waals surface area contributed by atoms with Crippen LogP contribution in [0.5, 0.6) is 0 Å². The maximum absolute atomic E-state index is 12.3. The van der Waals surface area contributed by atoms with Crippen molar-refractivity contribution in [1.82, 2.24) is 4.90 Å². The maximum atomic E-state index is 12.3. The molecule has 0 aliphatic heterocycles. The van der Waals surface area contributed by atoms with Crippen LogP contribution in [-0.4, -0.2) is 50.9 Å². The summed E-state index contributed by atoms with van der Waals surface area (Å²) in [6.45, 7) is 0. The first-order valence-electron chi connectivity index (χ1n) is 6.77. The molecular formula is C17H19NO5. The molecule has 0 aromatic heterocycles. The van der Waals surface area contributed by atoms with Gasteiger partial charge in [0.25, 0.3) is 0 Å². The van der Waals surface area contributed by atoms with E-state index in [-0.39, 0.29) is 11.1 Å². The lowest BCUT2D eigenvalue weighted by Gasteiger charge is -2.12. The molecule has 1 aromatic carbocycles. The number of esters is 2. The van der Waals surface area contributed by atoms with Gasteiger partial charge in [-0.25, -0.2) is 9.59 Å². The van der Waals surface area contributed by atoms with Gasteiger partial charge in [0, 0.05) is 31.9 Å². The van der Waals surface area contributed by atoms with E-state index in [9.17, 15) is 14.4 Å². The van der Waals surface area contributed by atoms with Crippen molar-refractivity contribution in [3.05, 3.63) is 59.3 Å². The summed E-state index contributed by atoms with van der Waals surface area (Å²) >= 11 is 0. The Bertz CT molecular complexity index is 644. The Hall–Kier alpha value is -2.89. The molecule has 0 aliphatic carbocycles. The van der Waals surface area contributed by atoms with Gasteiger partial charge in [-0.3, -0.25) is 4.79 Å². The number of methoxy groups -OCH3 is 2. The summed E-state index contributed by atoms with van der Waals surface area (Å²) in [5.41, 5.74) is 0.165. The number of carbonyl (C=O) groups excluding carboxylic acids is 3. The number of nitrogens with zero attached hydrogens (tertiary/aromatic N) is 1. The third-order valence-electron chi connectivity index (χ3n) is 2.82. The highest BCUT2D eigenvalue weighted by molar-refractivity contribution is 6.14. The van der Waals surface area contributed by atoms with Crippen LogP contribution < -0.4 is 0 Å². The summed E-state index contributed by atoms with van der Waals surface area (Å²) in [7, 11) is 5.72. The zero-order chi connectivity index (χ0) is 17.4. The second-order valence-electron chi connectivity index (χ2n) is 4.78. The molecule has 0 N–H and O–H groups in total. The molecule has 0 heterocycles. The van der Waals surface area contributed by atoms with Crippen LogP contribution in [0.3, 0.4) is 0 Å². The normalized spacial score (nSPS) is 11.7. The van der Waals surface area contributed by atoms with Gasteiger partial charge >= 0.3 is 11.9 Å². The van der Waals surface area contributed by atoms with Crippen LogP contribution in [-0.2, 0) is 19.1 Å². The number of allylic oxidation sites excluding steroid dienone is 1. The van der Waals surface area contributed by atoms with E-state index in [1.807, 2.05) is 0 Å². The zero-order valence-corrected chi connectivity index (χ0v) is 13.5. The van der Waals surface area contributed by atoms with E-state index >= 15 is 0 Å². The molecule has 6 heteroatoms. The van der Waals surface area contributed by atoms with Crippen molar-refractivity contribution in [1.29, 1.82) is 0 Å². The fraction of sp³-hybridized carbons (Fsp3) is 0.235. The van der Waals surface area contributed by atoms with Gasteiger partial charge in [0.15, 0.2) is 5.78 Å². The molecule has 0 unspecified atom stereocenters. The quantitative estimate of drug-likeness (QED) is 0.343. The van der Waals surface area contributed by atoms with Gasteiger partial charge in [0.05, 0.1) is 25.4 Å². The Morgan fingerprint density at radius 2 is 1.43 bits per heavy atom. The van der Waals surface area contributed by atoms with Gasteiger partial charge in [-0.1, -0.05) is 30.3 Å². The monoisotopic (exact) mass is 317 g/mol. The average Bonchev–Trinajstić information content (AvgIpc) is 2.56. The molecule has 1 rings (SSSR count). The van der Waals surface area contributed by atoms with Crippen molar-refractivity contribution in [2.24, 2.45) is 0 Å². The lowest BCUT2D eigenvalue weighted by atomic mass is 10.0. The van der Waals surface area contributed by atoms with Crippen LogP contribution in [0.15, 0.2) is 53.8 Å². The molecule has 0 radical (unpaired) electrons. The second kappa shape index (κ2) is 8.53. The van der Waals surface area contributed by atoms with Gasteiger partial charge in [-0.05, 0) is 0 Å². The zero-order valence-electron chi connectivity index (χ0n) is 13.5. The molecule has 1 aromatic rings. The Morgan fingerprint density at radius 3 is 1.91 bits per heavy atom. The first-order valence-corrected chi connectivity index (χ1v) is 6.77. The molecule has 122 valence electrons. The third-order valence-corrected chi connectivity index (χ3v) is 2.82. The standard InChI is InChI=1S/C17H19NO5/c1-18(2)11-14(17(21)23-4)13(16(20)22-3)10-15(19)12-8-6-5-7-9-12/h5-11H,1-4H3/b13-10+,14-11-. The van der Waals surface area contributed by atoms with E-state index in [4.69, 9.17) is 0 Å². The largest absolute Gasteiger partial charge is 0.465 e. The number of hydrogen-bond donors (Lipinski definition) is 0. The van der Waals surface area contributed by atoms with Crippen LogP contribution in [0, 0.1) is 0 Å². The molecular weight excluding hydrogens is 298 g/mol. The number of hydrogen-bond acceptors (Lipinski definition) is 6. The topological polar surface area (TPSA) is 72.9 Å². The molecule has 0 saturated carbocycles. The van der Waals surface area contributed by atoms with E-state index in [0.717, 1.165) is 6.08 Å². The fourth-order valence-corrected chi connectivity index (χ4v) is 1.77. The molecule has 0 spiro atoms. The summed E-state index contributed by atoms with van der Waals surface area (Å²) in [5, 5.41) is 0. The molecule has 0 amide bonds. The van der Waals surface area contributed by atoms with Gasteiger partial charge in [-0.2, -0.15) is 0 Å². The van der Waals surface area contributed by atoms with Crippen LogP contribution >= 0.6 is 0 Å². The second-order valence-corrected chi connectivity index (χ2v) is 4.78. The van der Waals surface area contributed by atoms with E-state index in [0.29, 0.717) is 5.56 Å². The minimum Gasteiger partial charge on any atom is -0.465 e. The van der Waals surface area contributed by atoms with E-state index in [2.05, 4.69) is 9.47 Å². The first-order chi connectivity index (χ1) is 10.9. The van der Waals surface area contributed by atoms with E-state index < -0.39 is 17.7 Å². The number of benzene rings is 1. The van der Waals surface area contributed by atoms with Crippen LogP contribution in [0.4, 0.5) is 0 Å². The van der Waals surface area contributed by atoms with E-state index in [1.165, 1.54) is 20.4 Å². The molecule has 0 fully saturated rings. The molecule has 6 nitrogen and oxygen atoms in total. The Morgan fingerprint density at radius 1 is 0.913 bits per heavy atom. The Kier molecular flexibility index (Phi) is 6.73. The molecule has 0 atom stereocenters. The number of rotatable bonds is 6. The molecule has 0 bridgehead atoms. The number of ketones is 1. The van der Waals surface area contributed by atoms with Crippen LogP contribution in [0.2, 0.25) is 0 Å².